The van der Waals surface area contributed by atoms with Crippen LogP contribution in [-0.4, -0.2) is 53.2 Å². The van der Waals surface area contributed by atoms with Crippen LogP contribution in [0.1, 0.15) is 50.2 Å². The molecule has 7 nitrogen and oxygen atoms in total. The molecule has 2 amide bonds. The molecule has 0 spiro atoms. The molecule has 1 heterocycles. The molecule has 0 aromatic heterocycles. The molecule has 1 fully saturated rings. The van der Waals surface area contributed by atoms with Crippen LogP contribution in [0.15, 0.2) is 48.5 Å². The Bertz CT molecular complexity index is 1010. The lowest BCUT2D eigenvalue weighted by molar-refractivity contribution is -0.155. The Balaban J connectivity index is 1.42. The summed E-state index contributed by atoms with van der Waals surface area (Å²) >= 11 is 0. The van der Waals surface area contributed by atoms with Crippen LogP contribution in [0.25, 0.3) is 11.1 Å². The minimum absolute atomic E-state index is 0.0711. The molecule has 0 bridgehead atoms. The fraction of sp³-hybridized carbons (Fsp3) is 0.423. The van der Waals surface area contributed by atoms with Crippen LogP contribution in [0, 0.1) is 5.92 Å². The number of carbonyl (C=O) groups excluding carboxylic acids is 2. The van der Waals surface area contributed by atoms with Crippen molar-refractivity contribution in [2.75, 3.05) is 13.2 Å². The SMILES string of the molecule is CC[C@H](NC(=O)OCC1c2ccccc2-c2ccccc21)C(=O)N1CCCC(C)C1C(=O)O. The molecule has 1 saturated heterocycles. The standard InChI is InChI=1S/C26H30N2O5/c1-3-22(24(29)28-14-8-9-16(2)23(28)25(30)31)27-26(32)33-15-21-19-12-6-4-10-17(19)18-11-5-7-13-20(18)21/h4-7,10-13,16,21-23H,3,8-9,14-15H2,1-2H3,(H,27,32)(H,30,31)/t16?,22-,23?/m0/s1. The van der Waals surface area contributed by atoms with Crippen molar-refractivity contribution in [1.29, 1.82) is 0 Å². The Morgan fingerprint density at radius 3 is 2.27 bits per heavy atom. The summed E-state index contributed by atoms with van der Waals surface area (Å²) in [5.41, 5.74) is 4.51. The maximum atomic E-state index is 13.1. The van der Waals surface area contributed by atoms with Crippen LogP contribution in [0.5, 0.6) is 0 Å². The quantitative estimate of drug-likeness (QED) is 0.693. The van der Waals surface area contributed by atoms with Gasteiger partial charge in [0.05, 0.1) is 0 Å². The number of piperidine rings is 1. The highest BCUT2D eigenvalue weighted by Gasteiger charge is 2.39. The minimum atomic E-state index is -1.01. The van der Waals surface area contributed by atoms with Gasteiger partial charge in [-0.2, -0.15) is 0 Å². The first-order chi connectivity index (χ1) is 15.9. The molecule has 2 aromatic rings. The number of ether oxygens (including phenoxy) is 1. The summed E-state index contributed by atoms with van der Waals surface area (Å²) in [5.74, 6) is -1.58. The van der Waals surface area contributed by atoms with Crippen LogP contribution < -0.4 is 5.32 Å². The third-order valence-corrected chi connectivity index (χ3v) is 6.81. The molecule has 2 aromatic carbocycles. The number of likely N-dealkylation sites (tertiary alicyclic amines) is 1. The van der Waals surface area contributed by atoms with Gasteiger partial charge in [0.2, 0.25) is 5.91 Å². The normalized spacial score (nSPS) is 20.5. The van der Waals surface area contributed by atoms with E-state index in [1.54, 1.807) is 6.92 Å². The summed E-state index contributed by atoms with van der Waals surface area (Å²) in [5, 5.41) is 12.3. The number of amides is 2. The van der Waals surface area contributed by atoms with E-state index < -0.39 is 24.1 Å². The summed E-state index contributed by atoms with van der Waals surface area (Å²) in [4.78, 5) is 38.9. The van der Waals surface area contributed by atoms with E-state index in [0.29, 0.717) is 13.0 Å². The molecule has 2 unspecified atom stereocenters. The van der Waals surface area contributed by atoms with Crippen molar-refractivity contribution in [2.24, 2.45) is 5.92 Å². The summed E-state index contributed by atoms with van der Waals surface area (Å²) in [6, 6.07) is 14.5. The molecular weight excluding hydrogens is 420 g/mol. The number of carboxylic acids is 1. The molecular formula is C26H30N2O5. The molecule has 2 N–H and O–H groups in total. The number of nitrogens with zero attached hydrogens (tertiary/aromatic N) is 1. The van der Waals surface area contributed by atoms with Crippen LogP contribution in [0.3, 0.4) is 0 Å². The van der Waals surface area contributed by atoms with E-state index in [-0.39, 0.29) is 24.3 Å². The van der Waals surface area contributed by atoms with Gasteiger partial charge in [-0.05, 0) is 47.4 Å². The van der Waals surface area contributed by atoms with Gasteiger partial charge in [-0.1, -0.05) is 62.4 Å². The molecule has 7 heteroatoms. The van der Waals surface area contributed by atoms with Crippen molar-refractivity contribution in [1.82, 2.24) is 10.2 Å². The van der Waals surface area contributed by atoms with E-state index in [4.69, 9.17) is 4.74 Å². The molecule has 1 aliphatic heterocycles. The molecule has 0 radical (unpaired) electrons. The number of carbonyl (C=O) groups is 3. The maximum Gasteiger partial charge on any atom is 0.407 e. The second kappa shape index (κ2) is 9.65. The van der Waals surface area contributed by atoms with Crippen LogP contribution in [-0.2, 0) is 14.3 Å². The first-order valence-corrected chi connectivity index (χ1v) is 11.6. The van der Waals surface area contributed by atoms with Gasteiger partial charge in [-0.15, -0.1) is 0 Å². The van der Waals surface area contributed by atoms with Gasteiger partial charge < -0.3 is 20.1 Å². The number of alkyl carbamates (subject to hydrolysis) is 1. The second-order valence-corrected chi connectivity index (χ2v) is 8.86. The van der Waals surface area contributed by atoms with E-state index in [2.05, 4.69) is 17.4 Å². The van der Waals surface area contributed by atoms with Gasteiger partial charge in [0, 0.05) is 12.5 Å². The average molecular weight is 451 g/mol. The monoisotopic (exact) mass is 450 g/mol. The highest BCUT2D eigenvalue weighted by Crippen LogP contribution is 2.44. The van der Waals surface area contributed by atoms with E-state index in [1.165, 1.54) is 4.90 Å². The highest BCUT2D eigenvalue weighted by molar-refractivity contribution is 5.89. The van der Waals surface area contributed by atoms with Crippen LogP contribution >= 0.6 is 0 Å². The van der Waals surface area contributed by atoms with E-state index in [1.807, 2.05) is 43.3 Å². The lowest BCUT2D eigenvalue weighted by Gasteiger charge is -2.39. The van der Waals surface area contributed by atoms with Gasteiger partial charge in [0.25, 0.3) is 0 Å². The van der Waals surface area contributed by atoms with Gasteiger partial charge in [0.15, 0.2) is 0 Å². The van der Waals surface area contributed by atoms with Crippen molar-refractivity contribution in [3.05, 3.63) is 59.7 Å². The third kappa shape index (κ3) is 4.45. The van der Waals surface area contributed by atoms with Crippen molar-refractivity contribution < 1.29 is 24.2 Å². The van der Waals surface area contributed by atoms with Crippen molar-refractivity contribution in [3.63, 3.8) is 0 Å². The number of benzene rings is 2. The van der Waals surface area contributed by atoms with Gasteiger partial charge in [-0.3, -0.25) is 4.79 Å². The maximum absolute atomic E-state index is 13.1. The summed E-state index contributed by atoms with van der Waals surface area (Å²) in [6.45, 7) is 4.17. The summed E-state index contributed by atoms with van der Waals surface area (Å²) in [6.07, 6.45) is 1.18. The van der Waals surface area contributed by atoms with Crippen molar-refractivity contribution >= 4 is 18.0 Å². The summed E-state index contributed by atoms with van der Waals surface area (Å²) < 4.78 is 5.57. The van der Waals surface area contributed by atoms with Gasteiger partial charge >= 0.3 is 12.1 Å². The van der Waals surface area contributed by atoms with E-state index >= 15 is 0 Å². The van der Waals surface area contributed by atoms with Gasteiger partial charge in [-0.25, -0.2) is 9.59 Å². The first kappa shape index (κ1) is 22.8. The zero-order chi connectivity index (χ0) is 23.5. The minimum Gasteiger partial charge on any atom is -0.480 e. The van der Waals surface area contributed by atoms with Gasteiger partial charge in [0.1, 0.15) is 18.7 Å². The Labute approximate surface area is 193 Å². The molecule has 0 saturated carbocycles. The smallest absolute Gasteiger partial charge is 0.407 e. The molecule has 174 valence electrons. The third-order valence-electron chi connectivity index (χ3n) is 6.81. The Morgan fingerprint density at radius 1 is 1.09 bits per heavy atom. The topological polar surface area (TPSA) is 95.9 Å². The van der Waals surface area contributed by atoms with Crippen molar-refractivity contribution in [2.45, 2.75) is 51.1 Å². The Kier molecular flexibility index (Phi) is 6.67. The van der Waals surface area contributed by atoms with Crippen LogP contribution in [0.2, 0.25) is 0 Å². The fourth-order valence-corrected chi connectivity index (χ4v) is 5.13. The fourth-order valence-electron chi connectivity index (χ4n) is 5.13. The highest BCUT2D eigenvalue weighted by atomic mass is 16.5. The zero-order valence-corrected chi connectivity index (χ0v) is 19.0. The number of hydrogen-bond donors (Lipinski definition) is 2. The van der Waals surface area contributed by atoms with Crippen LogP contribution in [0.4, 0.5) is 4.79 Å². The van der Waals surface area contributed by atoms with Crippen molar-refractivity contribution in [3.8, 4) is 11.1 Å². The molecule has 33 heavy (non-hydrogen) atoms. The zero-order valence-electron chi connectivity index (χ0n) is 19.0. The Morgan fingerprint density at radius 2 is 1.70 bits per heavy atom. The number of aliphatic carboxylic acids is 1. The Hall–Kier alpha value is -3.35. The first-order valence-electron chi connectivity index (χ1n) is 11.6. The number of nitrogens with one attached hydrogen (secondary N) is 1. The van der Waals surface area contributed by atoms with E-state index in [0.717, 1.165) is 35.1 Å². The number of carboxylic acid groups (broad SMARTS) is 1. The average Bonchev–Trinajstić information content (AvgIpc) is 3.14. The van der Waals surface area contributed by atoms with E-state index in [9.17, 15) is 19.5 Å². The lowest BCUT2D eigenvalue weighted by atomic mass is 9.90. The second-order valence-electron chi connectivity index (χ2n) is 8.86. The predicted octanol–water partition coefficient (Wildman–Crippen LogP) is 4.02. The number of rotatable bonds is 6. The predicted molar refractivity (Wildman–Crippen MR) is 124 cm³/mol. The summed E-state index contributed by atoms with van der Waals surface area (Å²) in [7, 11) is 0. The molecule has 1 aliphatic carbocycles. The lowest BCUT2D eigenvalue weighted by Crippen LogP contribution is -2.57. The number of fused-ring (bicyclic) bond motifs is 3. The molecule has 3 atom stereocenters. The molecule has 4 rings (SSSR count). The largest absolute Gasteiger partial charge is 0.480 e. The number of hydrogen-bond acceptors (Lipinski definition) is 4. The molecule has 2 aliphatic rings.